The summed E-state index contributed by atoms with van der Waals surface area (Å²) >= 11 is 0. The highest BCUT2D eigenvalue weighted by molar-refractivity contribution is 6.01. The van der Waals surface area contributed by atoms with Crippen LogP contribution in [0.3, 0.4) is 0 Å². The van der Waals surface area contributed by atoms with Crippen LogP contribution >= 0.6 is 0 Å². The molecule has 0 saturated carbocycles. The van der Waals surface area contributed by atoms with E-state index in [1.165, 1.54) is 0 Å². The number of allylic oxidation sites excluding steroid dienone is 1. The number of urea groups is 1. The van der Waals surface area contributed by atoms with Crippen molar-refractivity contribution in [2.45, 2.75) is 32.7 Å². The molecule has 2 amide bonds. The molecule has 1 aromatic carbocycles. The first kappa shape index (κ1) is 15.6. The van der Waals surface area contributed by atoms with Crippen LogP contribution < -0.4 is 15.5 Å². The summed E-state index contributed by atoms with van der Waals surface area (Å²) in [7, 11) is 3.96. The molecular weight excluding hydrogens is 290 g/mol. The van der Waals surface area contributed by atoms with Crippen LogP contribution in [-0.4, -0.2) is 25.9 Å². The molecule has 5 nitrogen and oxygen atoms in total. The molecule has 0 radical (unpaired) electrons. The number of hydrogen-bond donors (Lipinski definition) is 2. The van der Waals surface area contributed by atoms with Crippen molar-refractivity contribution in [2.24, 2.45) is 5.41 Å². The number of benzene rings is 1. The van der Waals surface area contributed by atoms with Gasteiger partial charge in [-0.15, -0.1) is 0 Å². The van der Waals surface area contributed by atoms with Crippen LogP contribution in [0.5, 0.6) is 0 Å². The number of anilines is 1. The van der Waals surface area contributed by atoms with Gasteiger partial charge in [0.25, 0.3) is 0 Å². The summed E-state index contributed by atoms with van der Waals surface area (Å²) in [5.74, 6) is 0.116. The Balaban J connectivity index is 2.01. The summed E-state index contributed by atoms with van der Waals surface area (Å²) in [4.78, 5) is 26.7. The van der Waals surface area contributed by atoms with Gasteiger partial charge in [-0.05, 0) is 29.5 Å². The molecular formula is C18H23N3O2. The highest BCUT2D eigenvalue weighted by atomic mass is 16.2. The average Bonchev–Trinajstić information content (AvgIpc) is 2.44. The zero-order valence-electron chi connectivity index (χ0n) is 14.1. The van der Waals surface area contributed by atoms with Gasteiger partial charge in [-0.3, -0.25) is 4.79 Å². The molecule has 1 aromatic rings. The third kappa shape index (κ3) is 2.96. The second kappa shape index (κ2) is 5.41. The number of carbonyl (C=O) groups excluding carboxylic acids is 2. The molecule has 1 unspecified atom stereocenters. The largest absolute Gasteiger partial charge is 0.378 e. The van der Waals surface area contributed by atoms with Crippen LogP contribution in [0.2, 0.25) is 0 Å². The van der Waals surface area contributed by atoms with E-state index in [0.717, 1.165) is 16.9 Å². The van der Waals surface area contributed by atoms with Crippen molar-refractivity contribution >= 4 is 17.5 Å². The normalized spacial score (nSPS) is 23.0. The Morgan fingerprint density at radius 3 is 2.35 bits per heavy atom. The highest BCUT2D eigenvalue weighted by Crippen LogP contribution is 2.41. The smallest absolute Gasteiger partial charge is 0.319 e. The molecule has 1 aliphatic heterocycles. The van der Waals surface area contributed by atoms with Crippen LogP contribution in [0.15, 0.2) is 35.5 Å². The first-order chi connectivity index (χ1) is 10.8. The summed E-state index contributed by atoms with van der Waals surface area (Å²) in [6, 6.07) is 7.35. The molecule has 1 aliphatic carbocycles. The number of amides is 2. The molecule has 5 heteroatoms. The Labute approximate surface area is 136 Å². The minimum absolute atomic E-state index is 0.111. The Kier molecular flexibility index (Phi) is 3.66. The summed E-state index contributed by atoms with van der Waals surface area (Å²) in [6.07, 6.45) is 1.23. The third-order valence-corrected chi connectivity index (χ3v) is 4.49. The van der Waals surface area contributed by atoms with Crippen LogP contribution in [0.1, 0.15) is 38.3 Å². The molecule has 0 saturated heterocycles. The number of carbonyl (C=O) groups is 2. The molecule has 0 spiro atoms. The van der Waals surface area contributed by atoms with Crippen molar-refractivity contribution in [2.75, 3.05) is 19.0 Å². The van der Waals surface area contributed by atoms with E-state index in [-0.39, 0.29) is 23.3 Å². The van der Waals surface area contributed by atoms with Crippen molar-refractivity contribution in [3.05, 3.63) is 41.1 Å². The summed E-state index contributed by atoms with van der Waals surface area (Å²) < 4.78 is 0. The second-order valence-corrected chi connectivity index (χ2v) is 7.35. The van der Waals surface area contributed by atoms with E-state index in [2.05, 4.69) is 24.5 Å². The van der Waals surface area contributed by atoms with E-state index in [1.807, 2.05) is 43.3 Å². The molecule has 1 atom stereocenters. The van der Waals surface area contributed by atoms with Gasteiger partial charge in [0.1, 0.15) is 0 Å². The van der Waals surface area contributed by atoms with Crippen molar-refractivity contribution in [3.63, 3.8) is 0 Å². The molecule has 0 fully saturated rings. The lowest BCUT2D eigenvalue weighted by Crippen LogP contribution is -2.48. The quantitative estimate of drug-likeness (QED) is 0.882. The number of Topliss-reactive ketones (excluding diaryl/α,β-unsaturated/α-hetero) is 1. The topological polar surface area (TPSA) is 61.4 Å². The van der Waals surface area contributed by atoms with Crippen molar-refractivity contribution in [3.8, 4) is 0 Å². The number of ketones is 1. The van der Waals surface area contributed by atoms with E-state index in [9.17, 15) is 9.59 Å². The van der Waals surface area contributed by atoms with Crippen LogP contribution in [0.25, 0.3) is 0 Å². The molecule has 122 valence electrons. The predicted octanol–water partition coefficient (Wildman–Crippen LogP) is 2.75. The van der Waals surface area contributed by atoms with Crippen LogP contribution in [0, 0.1) is 5.41 Å². The molecule has 2 N–H and O–H groups in total. The van der Waals surface area contributed by atoms with E-state index in [4.69, 9.17) is 0 Å². The molecule has 2 aliphatic rings. The molecule has 0 bridgehead atoms. The lowest BCUT2D eigenvalue weighted by atomic mass is 9.73. The standard InChI is InChI=1S/C18H23N3O2/c1-18(2)9-13-15(14(22)10-18)16(20-17(23)19-13)11-5-7-12(8-6-11)21(3)4/h5-8,16H,9-10H2,1-4H3,(H2,19,20,23). The van der Waals surface area contributed by atoms with Crippen LogP contribution in [-0.2, 0) is 4.79 Å². The van der Waals surface area contributed by atoms with Gasteiger partial charge in [-0.25, -0.2) is 4.79 Å². The maximum atomic E-state index is 12.7. The maximum absolute atomic E-state index is 12.7. The first-order valence-corrected chi connectivity index (χ1v) is 7.88. The van der Waals surface area contributed by atoms with Crippen LogP contribution in [0.4, 0.5) is 10.5 Å². The minimum atomic E-state index is -0.362. The van der Waals surface area contributed by atoms with Gasteiger partial charge in [0.15, 0.2) is 5.78 Å². The van der Waals surface area contributed by atoms with E-state index < -0.39 is 0 Å². The molecule has 0 aromatic heterocycles. The van der Waals surface area contributed by atoms with E-state index >= 15 is 0 Å². The zero-order chi connectivity index (χ0) is 16.8. The average molecular weight is 313 g/mol. The zero-order valence-corrected chi connectivity index (χ0v) is 14.1. The monoisotopic (exact) mass is 313 g/mol. The highest BCUT2D eigenvalue weighted by Gasteiger charge is 2.40. The summed E-state index contributed by atoms with van der Waals surface area (Å²) in [5, 5.41) is 5.73. The minimum Gasteiger partial charge on any atom is -0.378 e. The van der Waals surface area contributed by atoms with Gasteiger partial charge < -0.3 is 15.5 Å². The predicted molar refractivity (Wildman–Crippen MR) is 90.2 cm³/mol. The van der Waals surface area contributed by atoms with Crippen molar-refractivity contribution in [1.29, 1.82) is 0 Å². The van der Waals surface area contributed by atoms with E-state index in [0.29, 0.717) is 18.4 Å². The van der Waals surface area contributed by atoms with E-state index in [1.54, 1.807) is 0 Å². The second-order valence-electron chi connectivity index (χ2n) is 7.35. The van der Waals surface area contributed by atoms with Gasteiger partial charge in [-0.1, -0.05) is 26.0 Å². The fourth-order valence-electron chi connectivity index (χ4n) is 3.37. The fraction of sp³-hybridized carbons (Fsp3) is 0.444. The van der Waals surface area contributed by atoms with Crippen molar-refractivity contribution < 1.29 is 9.59 Å². The van der Waals surface area contributed by atoms with Gasteiger partial charge in [-0.2, -0.15) is 0 Å². The summed E-state index contributed by atoms with van der Waals surface area (Å²) in [6.45, 7) is 4.12. The number of rotatable bonds is 2. The van der Waals surface area contributed by atoms with Gasteiger partial charge in [0, 0.05) is 37.5 Å². The molecule has 1 heterocycles. The fourth-order valence-corrected chi connectivity index (χ4v) is 3.37. The van der Waals surface area contributed by atoms with Crippen molar-refractivity contribution in [1.82, 2.24) is 10.6 Å². The molecule has 3 rings (SSSR count). The Morgan fingerprint density at radius 2 is 1.74 bits per heavy atom. The third-order valence-electron chi connectivity index (χ3n) is 4.49. The first-order valence-electron chi connectivity index (χ1n) is 7.88. The van der Waals surface area contributed by atoms with Gasteiger partial charge in [0.2, 0.25) is 0 Å². The van der Waals surface area contributed by atoms with Gasteiger partial charge in [0.05, 0.1) is 6.04 Å². The summed E-state index contributed by atoms with van der Waals surface area (Å²) in [5.41, 5.74) is 3.39. The van der Waals surface area contributed by atoms with Gasteiger partial charge >= 0.3 is 6.03 Å². The maximum Gasteiger partial charge on any atom is 0.319 e. The lowest BCUT2D eigenvalue weighted by molar-refractivity contribution is -0.118. The number of nitrogens with one attached hydrogen (secondary N) is 2. The number of hydrogen-bond acceptors (Lipinski definition) is 3. The number of nitrogens with zero attached hydrogens (tertiary/aromatic N) is 1. The Hall–Kier alpha value is -2.30. The Morgan fingerprint density at radius 1 is 1.09 bits per heavy atom. The Bertz CT molecular complexity index is 687. The SMILES string of the molecule is CN(C)c1ccc(C2NC(=O)NC3=C2C(=O)CC(C)(C)C3)cc1. The molecule has 23 heavy (non-hydrogen) atoms. The lowest BCUT2D eigenvalue weighted by Gasteiger charge is -2.38.